The number of rotatable bonds is 15. The van der Waals surface area contributed by atoms with Crippen LogP contribution in [-0.2, 0) is 0 Å². The Labute approximate surface area is 641 Å². The van der Waals surface area contributed by atoms with Crippen LogP contribution in [0.1, 0.15) is 0 Å². The van der Waals surface area contributed by atoms with Gasteiger partial charge < -0.3 is 9.80 Å². The third-order valence-electron chi connectivity index (χ3n) is 22.2. The van der Waals surface area contributed by atoms with Gasteiger partial charge in [-0.3, -0.25) is 0 Å². The van der Waals surface area contributed by atoms with Crippen molar-refractivity contribution in [2.45, 2.75) is 0 Å². The summed E-state index contributed by atoms with van der Waals surface area (Å²) in [5, 5.41) is 14.5. The van der Waals surface area contributed by atoms with Crippen LogP contribution in [0.5, 0.6) is 0 Å². The highest BCUT2D eigenvalue weighted by Gasteiger charge is 2.26. The van der Waals surface area contributed by atoms with Crippen molar-refractivity contribution in [1.82, 2.24) is 0 Å². The SMILES string of the molecule is c1ccc(-c2ccc(N(c3ccc(-c4ccc5ccccc5c4)cc3)c3ccccc3-c3cc4ccccc4c4ccc(-c5ccc6ccc(-c7ccc(N(c8cc(-c9ccccc9)ccc8-c8ccccc8)c8ccccc8-c8cc9ccccc9c9ccccc89)cc7)cc6c5)cc34)c(-c3ccccc3)c2)cc1. The van der Waals surface area contributed by atoms with Crippen molar-refractivity contribution in [3.63, 3.8) is 0 Å². The lowest BCUT2D eigenvalue weighted by atomic mass is 9.89. The maximum atomic E-state index is 2.50. The van der Waals surface area contributed by atoms with E-state index in [1.54, 1.807) is 0 Å². The van der Waals surface area contributed by atoms with E-state index >= 15 is 0 Å². The topological polar surface area (TPSA) is 6.48 Å². The van der Waals surface area contributed by atoms with Crippen molar-refractivity contribution in [2.24, 2.45) is 0 Å². The highest BCUT2D eigenvalue weighted by molar-refractivity contribution is 6.18. The fourth-order valence-electron chi connectivity index (χ4n) is 16.8. The summed E-state index contributed by atoms with van der Waals surface area (Å²) in [6.07, 6.45) is 0. The number of hydrogen-bond acceptors (Lipinski definition) is 2. The van der Waals surface area contributed by atoms with Gasteiger partial charge in [-0.2, -0.15) is 0 Å². The van der Waals surface area contributed by atoms with Gasteiger partial charge in [0, 0.05) is 33.6 Å². The Balaban J connectivity index is 0.708. The fourth-order valence-corrected chi connectivity index (χ4v) is 16.8. The van der Waals surface area contributed by atoms with Crippen LogP contribution in [0.4, 0.5) is 34.1 Å². The van der Waals surface area contributed by atoms with E-state index in [0.29, 0.717) is 0 Å². The normalized spacial score (nSPS) is 11.5. The third kappa shape index (κ3) is 12.1. The predicted molar refractivity (Wildman–Crippen MR) is 470 cm³/mol. The lowest BCUT2D eigenvalue weighted by molar-refractivity contribution is 1.28. The molecule has 0 spiro atoms. The van der Waals surface area contributed by atoms with E-state index in [4.69, 9.17) is 0 Å². The van der Waals surface area contributed by atoms with Crippen molar-refractivity contribution >= 4 is 98.8 Å². The lowest BCUT2D eigenvalue weighted by Gasteiger charge is -2.31. The first-order chi connectivity index (χ1) is 54.5. The van der Waals surface area contributed by atoms with Crippen LogP contribution in [0.15, 0.2) is 437 Å². The summed E-state index contributed by atoms with van der Waals surface area (Å²) in [5.41, 5.74) is 27.2. The van der Waals surface area contributed by atoms with Crippen LogP contribution in [0.25, 0.3) is 165 Å². The zero-order valence-electron chi connectivity index (χ0n) is 60.5. The van der Waals surface area contributed by atoms with Crippen molar-refractivity contribution in [1.29, 1.82) is 0 Å². The summed E-state index contributed by atoms with van der Waals surface area (Å²) < 4.78 is 0. The van der Waals surface area contributed by atoms with Crippen LogP contribution in [-0.4, -0.2) is 0 Å². The minimum Gasteiger partial charge on any atom is -0.309 e. The molecule has 0 atom stereocenters. The van der Waals surface area contributed by atoms with Gasteiger partial charge in [0.1, 0.15) is 0 Å². The van der Waals surface area contributed by atoms with E-state index in [-0.39, 0.29) is 0 Å². The van der Waals surface area contributed by atoms with Crippen molar-refractivity contribution < 1.29 is 0 Å². The molecule has 0 fully saturated rings. The summed E-state index contributed by atoms with van der Waals surface area (Å²) in [6, 6.07) is 161. The van der Waals surface area contributed by atoms with E-state index in [9.17, 15) is 0 Å². The summed E-state index contributed by atoms with van der Waals surface area (Å²) in [6.45, 7) is 0. The average Bonchev–Trinajstić information content (AvgIpc) is 0.757. The molecule has 0 heterocycles. The first-order valence-electron chi connectivity index (χ1n) is 37.9. The molecule has 0 aliphatic rings. The first-order valence-corrected chi connectivity index (χ1v) is 37.9. The maximum Gasteiger partial charge on any atom is 0.0546 e. The Morgan fingerprint density at radius 1 is 0.118 bits per heavy atom. The van der Waals surface area contributed by atoms with Gasteiger partial charge in [-0.1, -0.05) is 346 Å². The monoisotopic (exact) mass is 1400 g/mol. The molecular weight excluding hydrogens is 1330 g/mol. The molecule has 0 saturated carbocycles. The minimum atomic E-state index is 1.05. The van der Waals surface area contributed by atoms with E-state index < -0.39 is 0 Å². The van der Waals surface area contributed by atoms with Gasteiger partial charge in [0.25, 0.3) is 0 Å². The molecule has 0 unspecified atom stereocenters. The zero-order valence-corrected chi connectivity index (χ0v) is 60.5. The molecular formula is C108H72N2. The molecule has 514 valence electrons. The molecule has 0 radical (unpaired) electrons. The molecule has 0 aliphatic carbocycles. The maximum absolute atomic E-state index is 2.50. The second-order valence-corrected chi connectivity index (χ2v) is 28.7. The largest absolute Gasteiger partial charge is 0.309 e. The quantitative estimate of drug-likeness (QED) is 0.0944. The number of para-hydroxylation sites is 2. The first kappa shape index (κ1) is 65.1. The Morgan fingerprint density at radius 3 is 1.02 bits per heavy atom. The summed E-state index contributed by atoms with van der Waals surface area (Å²) >= 11 is 0. The van der Waals surface area contributed by atoms with Gasteiger partial charge in [-0.05, 0) is 234 Å². The van der Waals surface area contributed by atoms with Gasteiger partial charge in [0.05, 0.1) is 22.7 Å². The number of nitrogens with zero attached hydrogens (tertiary/aromatic N) is 2. The van der Waals surface area contributed by atoms with Gasteiger partial charge in [-0.15, -0.1) is 0 Å². The van der Waals surface area contributed by atoms with E-state index in [0.717, 1.165) is 118 Å². The van der Waals surface area contributed by atoms with Crippen LogP contribution in [0.3, 0.4) is 0 Å². The molecule has 0 aliphatic heterocycles. The molecule has 0 N–H and O–H groups in total. The summed E-state index contributed by atoms with van der Waals surface area (Å²) in [5.74, 6) is 0. The molecule has 2 nitrogen and oxygen atoms in total. The van der Waals surface area contributed by atoms with E-state index in [1.807, 2.05) is 0 Å². The zero-order chi connectivity index (χ0) is 72.9. The molecule has 0 amide bonds. The van der Waals surface area contributed by atoms with Gasteiger partial charge in [-0.25, -0.2) is 0 Å². The number of anilines is 6. The highest BCUT2D eigenvalue weighted by atomic mass is 15.2. The molecule has 20 aromatic carbocycles. The van der Waals surface area contributed by atoms with Crippen LogP contribution < -0.4 is 9.80 Å². The third-order valence-corrected chi connectivity index (χ3v) is 22.2. The Morgan fingerprint density at radius 2 is 0.455 bits per heavy atom. The van der Waals surface area contributed by atoms with Crippen LogP contribution in [0.2, 0.25) is 0 Å². The molecule has 0 aromatic heterocycles. The Hall–Kier alpha value is -14.4. The average molecular weight is 1400 g/mol. The highest BCUT2D eigenvalue weighted by Crippen LogP contribution is 2.52. The van der Waals surface area contributed by atoms with Crippen LogP contribution in [0, 0.1) is 0 Å². The Kier molecular flexibility index (Phi) is 16.6. The second kappa shape index (κ2) is 28.1. The molecule has 0 bridgehead atoms. The van der Waals surface area contributed by atoms with Gasteiger partial charge in [0.15, 0.2) is 0 Å². The molecule has 2 heteroatoms. The molecule has 110 heavy (non-hydrogen) atoms. The summed E-state index contributed by atoms with van der Waals surface area (Å²) in [7, 11) is 0. The van der Waals surface area contributed by atoms with E-state index in [1.165, 1.54) is 81.3 Å². The lowest BCUT2D eigenvalue weighted by Crippen LogP contribution is -2.13. The van der Waals surface area contributed by atoms with Gasteiger partial charge >= 0.3 is 0 Å². The smallest absolute Gasteiger partial charge is 0.0546 e. The van der Waals surface area contributed by atoms with Crippen molar-refractivity contribution in [3.05, 3.63) is 437 Å². The van der Waals surface area contributed by atoms with Gasteiger partial charge in [0.2, 0.25) is 0 Å². The molecule has 20 rings (SSSR count). The Bertz CT molecular complexity index is 6870. The summed E-state index contributed by atoms with van der Waals surface area (Å²) in [4.78, 5) is 4.99. The van der Waals surface area contributed by atoms with Crippen molar-refractivity contribution in [2.75, 3.05) is 9.80 Å². The standard InChI is InChI=1S/C108H72N2/c1-5-25-73(26-6-1)85-57-64-107(101(68-85)80-32-11-4-12-33-80)109(91-58-51-76(52-59-91)82-48-45-75-29-13-14-34-81(75)65-82)105-43-23-22-42-100(105)104-71-89-36-16-18-38-94(89)98-63-56-86(69-103(98)104)84-50-47-78-46-49-83(66-90(78)67-84)77-53-60-92(61-54-77)110(108-72-87(74-27-7-2-8-28-74)55-62-95(108)79-30-9-3-10-31-79)106-44-24-21-41-99(106)102-70-88-35-15-17-37-93(88)96-39-19-20-40-97(96)102/h1-72H. The number of benzene rings is 20. The number of hydrogen-bond donors (Lipinski definition) is 0. The molecule has 20 aromatic rings. The molecule has 0 saturated heterocycles. The van der Waals surface area contributed by atoms with Crippen LogP contribution >= 0.6 is 0 Å². The predicted octanol–water partition coefficient (Wildman–Crippen LogP) is 30.5. The van der Waals surface area contributed by atoms with E-state index in [2.05, 4.69) is 447 Å². The van der Waals surface area contributed by atoms with Crippen molar-refractivity contribution in [3.8, 4) is 100 Å². The second-order valence-electron chi connectivity index (χ2n) is 28.7. The fraction of sp³-hybridized carbons (Fsp3) is 0. The number of fused-ring (bicyclic) bond motifs is 8. The minimum absolute atomic E-state index is 1.05.